The molecule has 1 aliphatic heterocycles. The summed E-state index contributed by atoms with van der Waals surface area (Å²) in [6.45, 7) is 5.45. The van der Waals surface area contributed by atoms with Crippen molar-refractivity contribution in [3.05, 3.63) is 48.5 Å². The van der Waals surface area contributed by atoms with Crippen molar-refractivity contribution in [3.63, 3.8) is 0 Å². The lowest BCUT2D eigenvalue weighted by molar-refractivity contribution is -0.150. The lowest BCUT2D eigenvalue weighted by atomic mass is 9.79. The number of nitrogens with zero attached hydrogens (tertiary/aromatic N) is 4. The van der Waals surface area contributed by atoms with Crippen molar-refractivity contribution in [2.24, 2.45) is 11.8 Å². The first-order valence-corrected chi connectivity index (χ1v) is 18.0. The first-order valence-electron chi connectivity index (χ1n) is 15.9. The summed E-state index contributed by atoms with van der Waals surface area (Å²) in [5, 5.41) is 0.975. The number of carbonyl (C=O) groups is 1. The Hall–Kier alpha value is -2.98. The Balaban J connectivity index is 1.08. The van der Waals surface area contributed by atoms with E-state index < -0.39 is 9.84 Å². The molecular weight excluding hydrogens is 564 g/mol. The van der Waals surface area contributed by atoms with Gasteiger partial charge in [0.1, 0.15) is 33.3 Å². The van der Waals surface area contributed by atoms with Gasteiger partial charge in [-0.25, -0.2) is 18.4 Å². The Bertz CT molecular complexity index is 1460. The zero-order valence-corrected chi connectivity index (χ0v) is 26.4. The smallest absolute Gasteiger partial charge is 0.305 e. The average Bonchev–Trinajstić information content (AvgIpc) is 3.45. The lowest BCUT2D eigenvalue weighted by Crippen LogP contribution is -2.40. The summed E-state index contributed by atoms with van der Waals surface area (Å²) in [6, 6.07) is 9.87. The molecule has 9 nitrogen and oxygen atoms in total. The normalized spacial score (nSPS) is 20.3. The van der Waals surface area contributed by atoms with Crippen LogP contribution < -0.4 is 4.74 Å². The molecule has 0 amide bonds. The van der Waals surface area contributed by atoms with E-state index in [0.717, 1.165) is 78.9 Å². The largest absolute Gasteiger partial charge is 0.493 e. The summed E-state index contributed by atoms with van der Waals surface area (Å²) in [6.07, 6.45) is 15.1. The zero-order valence-electron chi connectivity index (χ0n) is 25.6. The maximum absolute atomic E-state index is 11.6. The predicted molar refractivity (Wildman–Crippen MR) is 168 cm³/mol. The van der Waals surface area contributed by atoms with Gasteiger partial charge in [-0.2, -0.15) is 0 Å². The predicted octanol–water partition coefficient (Wildman–Crippen LogP) is 5.39. The second-order valence-corrected chi connectivity index (χ2v) is 14.6. The Labute approximate surface area is 255 Å². The summed E-state index contributed by atoms with van der Waals surface area (Å²) >= 11 is 0. The number of likely N-dealkylation sites (tertiary alicyclic amines) is 1. The maximum Gasteiger partial charge on any atom is 0.305 e. The van der Waals surface area contributed by atoms with Crippen LogP contribution in [0.4, 0.5) is 0 Å². The van der Waals surface area contributed by atoms with Crippen LogP contribution in [-0.4, -0.2) is 78.2 Å². The van der Waals surface area contributed by atoms with Crippen molar-refractivity contribution < 1.29 is 22.7 Å². The highest BCUT2D eigenvalue weighted by Crippen LogP contribution is 2.33. The number of hydrogen-bond acceptors (Lipinski definition) is 8. The van der Waals surface area contributed by atoms with Crippen LogP contribution in [0.3, 0.4) is 0 Å². The molecule has 3 heterocycles. The minimum Gasteiger partial charge on any atom is -0.493 e. The van der Waals surface area contributed by atoms with E-state index in [2.05, 4.69) is 14.5 Å². The van der Waals surface area contributed by atoms with E-state index in [4.69, 9.17) is 14.5 Å². The number of aromatic nitrogens is 3. The lowest BCUT2D eigenvalue weighted by Gasteiger charge is -2.36. The van der Waals surface area contributed by atoms with Gasteiger partial charge in [0.05, 0.1) is 17.9 Å². The molecular formula is C33H46N4O5S. The Morgan fingerprint density at radius 2 is 1.79 bits per heavy atom. The molecule has 10 heteroatoms. The van der Waals surface area contributed by atoms with Crippen LogP contribution in [0.5, 0.6) is 5.75 Å². The number of carbonyl (C=O) groups excluding carboxylic acids is 1. The average molecular weight is 611 g/mol. The SMILES string of the molecule is CCC(=O)OC1CCN(CC2CCC(CCc3nccc(-n4ccc5c(OCCCS(C)(=O)=O)cccc54)n3)CC2)CC1. The van der Waals surface area contributed by atoms with Gasteiger partial charge in [-0.15, -0.1) is 0 Å². The molecule has 1 saturated carbocycles. The topological polar surface area (TPSA) is 104 Å². The van der Waals surface area contributed by atoms with Crippen molar-refractivity contribution in [2.75, 3.05) is 38.2 Å². The van der Waals surface area contributed by atoms with E-state index in [1.54, 1.807) is 0 Å². The van der Waals surface area contributed by atoms with Crippen molar-refractivity contribution in [2.45, 2.75) is 77.2 Å². The van der Waals surface area contributed by atoms with Gasteiger partial charge in [0.2, 0.25) is 0 Å². The Morgan fingerprint density at radius 3 is 2.53 bits per heavy atom. The summed E-state index contributed by atoms with van der Waals surface area (Å²) in [4.78, 5) is 23.6. The molecule has 43 heavy (non-hydrogen) atoms. The standard InChI is InChI=1S/C33H46N4O5S/c1-3-33(38)42-27-15-19-36(20-16-27)24-26-10-8-25(9-11-26)12-13-31-34-18-14-32(35-31)37-21-17-28-29(37)6-4-7-30(28)41-22-5-23-43(2,39)40/h4,6-7,14,17-18,21,25-27H,3,5,8-13,15-16,19-20,22-24H2,1-2H3. The van der Waals surface area contributed by atoms with Gasteiger partial charge in [-0.3, -0.25) is 4.79 Å². The van der Waals surface area contributed by atoms with E-state index in [-0.39, 0.29) is 17.8 Å². The molecule has 3 aromatic rings. The number of fused-ring (bicyclic) bond motifs is 1. The van der Waals surface area contributed by atoms with Gasteiger partial charge in [0.25, 0.3) is 0 Å². The first kappa shape index (κ1) is 31.4. The van der Waals surface area contributed by atoms with E-state index in [1.165, 1.54) is 38.5 Å². The summed E-state index contributed by atoms with van der Waals surface area (Å²) in [5.41, 5.74) is 0.995. The van der Waals surface area contributed by atoms with Crippen molar-refractivity contribution in [1.29, 1.82) is 0 Å². The fourth-order valence-electron chi connectivity index (χ4n) is 6.49. The van der Waals surface area contributed by atoms with E-state index in [9.17, 15) is 13.2 Å². The quantitative estimate of drug-likeness (QED) is 0.188. The number of aryl methyl sites for hydroxylation is 1. The van der Waals surface area contributed by atoms with Crippen LogP contribution in [-0.2, 0) is 25.8 Å². The van der Waals surface area contributed by atoms with E-state index in [0.29, 0.717) is 19.4 Å². The van der Waals surface area contributed by atoms with Gasteiger partial charge in [0.15, 0.2) is 0 Å². The zero-order chi connectivity index (χ0) is 30.2. The minimum atomic E-state index is -2.99. The van der Waals surface area contributed by atoms with Gasteiger partial charge >= 0.3 is 5.97 Å². The molecule has 0 N–H and O–H groups in total. The molecule has 2 fully saturated rings. The fourth-order valence-corrected chi connectivity index (χ4v) is 7.13. The van der Waals surface area contributed by atoms with E-state index >= 15 is 0 Å². The molecule has 2 aromatic heterocycles. The van der Waals surface area contributed by atoms with Crippen molar-refractivity contribution in [1.82, 2.24) is 19.4 Å². The molecule has 1 aromatic carbocycles. The van der Waals surface area contributed by atoms with Crippen LogP contribution in [0.15, 0.2) is 42.7 Å². The molecule has 234 valence electrons. The monoisotopic (exact) mass is 610 g/mol. The first-order chi connectivity index (χ1) is 20.8. The number of sulfone groups is 1. The molecule has 0 spiro atoms. The third kappa shape index (κ3) is 9.01. The molecule has 0 bridgehead atoms. The molecule has 0 atom stereocenters. The molecule has 1 saturated heterocycles. The van der Waals surface area contributed by atoms with Crippen LogP contribution in [0.2, 0.25) is 0 Å². The van der Waals surface area contributed by atoms with Crippen molar-refractivity contribution >= 4 is 26.7 Å². The highest BCUT2D eigenvalue weighted by atomic mass is 32.2. The fraction of sp³-hybridized carbons (Fsp3) is 0.606. The number of esters is 1. The molecule has 5 rings (SSSR count). The summed E-state index contributed by atoms with van der Waals surface area (Å²) < 4.78 is 36.4. The van der Waals surface area contributed by atoms with Gasteiger partial charge in [-0.05, 0) is 74.6 Å². The van der Waals surface area contributed by atoms with Gasteiger partial charge in [-0.1, -0.05) is 25.8 Å². The molecule has 2 aliphatic rings. The third-order valence-corrected chi connectivity index (χ3v) is 9.96. The Morgan fingerprint density at radius 1 is 1.02 bits per heavy atom. The van der Waals surface area contributed by atoms with Crippen LogP contribution in [0, 0.1) is 11.8 Å². The van der Waals surface area contributed by atoms with E-state index in [1.807, 2.05) is 49.6 Å². The van der Waals surface area contributed by atoms with Gasteiger partial charge in [0, 0.05) is 56.5 Å². The number of benzene rings is 1. The van der Waals surface area contributed by atoms with Crippen LogP contribution >= 0.6 is 0 Å². The highest BCUT2D eigenvalue weighted by Gasteiger charge is 2.27. The molecule has 0 unspecified atom stereocenters. The third-order valence-electron chi connectivity index (χ3n) is 8.93. The summed E-state index contributed by atoms with van der Waals surface area (Å²) in [7, 11) is -2.99. The van der Waals surface area contributed by atoms with Crippen LogP contribution in [0.25, 0.3) is 16.7 Å². The summed E-state index contributed by atoms with van der Waals surface area (Å²) in [5.74, 6) is 3.99. The second-order valence-electron chi connectivity index (χ2n) is 12.3. The molecule has 1 aliphatic carbocycles. The highest BCUT2D eigenvalue weighted by molar-refractivity contribution is 7.90. The maximum atomic E-state index is 11.6. The van der Waals surface area contributed by atoms with Crippen molar-refractivity contribution in [3.8, 4) is 11.6 Å². The Kier molecular flexibility index (Phi) is 10.7. The molecule has 0 radical (unpaired) electrons. The number of hydrogen-bond donors (Lipinski definition) is 0. The van der Waals surface area contributed by atoms with Crippen LogP contribution in [0.1, 0.15) is 70.5 Å². The number of rotatable bonds is 13. The number of ether oxygens (including phenoxy) is 2. The second kappa shape index (κ2) is 14.7. The number of piperidine rings is 1. The minimum absolute atomic E-state index is 0.0757. The van der Waals surface area contributed by atoms with Gasteiger partial charge < -0.3 is 18.9 Å².